The highest BCUT2D eigenvalue weighted by Crippen LogP contribution is 2.27. The summed E-state index contributed by atoms with van der Waals surface area (Å²) < 4.78 is 0. The zero-order valence-corrected chi connectivity index (χ0v) is 13.1. The molecule has 0 aliphatic carbocycles. The van der Waals surface area contributed by atoms with Crippen LogP contribution in [0.4, 0.5) is 5.69 Å². The molecule has 0 radical (unpaired) electrons. The molecule has 5 nitrogen and oxygen atoms in total. The summed E-state index contributed by atoms with van der Waals surface area (Å²) in [6, 6.07) is 5.30. The highest BCUT2D eigenvalue weighted by molar-refractivity contribution is 8.00. The largest absolute Gasteiger partial charge is 0.398 e. The molecule has 1 saturated heterocycles. The fourth-order valence-electron chi connectivity index (χ4n) is 2.27. The predicted octanol–water partition coefficient (Wildman–Crippen LogP) is 1.74. The van der Waals surface area contributed by atoms with Gasteiger partial charge < -0.3 is 16.4 Å². The van der Waals surface area contributed by atoms with Crippen LogP contribution in [0.3, 0.4) is 0 Å². The van der Waals surface area contributed by atoms with Gasteiger partial charge in [0, 0.05) is 18.0 Å². The first-order valence-corrected chi connectivity index (χ1v) is 8.08. The number of halogens is 1. The van der Waals surface area contributed by atoms with Crippen molar-refractivity contribution in [2.24, 2.45) is 11.7 Å². The van der Waals surface area contributed by atoms with Crippen molar-refractivity contribution in [1.29, 1.82) is 0 Å². The molecule has 0 bridgehead atoms. The standard InChI is InChI=1S/C14H18ClN3O2S/c15-11-6-10(3-4-12(11)16)21-8-13(19)18-5-1-2-9(7-18)14(17)20/h3-4,6,9H,1-2,5,7-8,16H2,(H2,17,20). The van der Waals surface area contributed by atoms with Crippen molar-refractivity contribution in [1.82, 2.24) is 4.90 Å². The van der Waals surface area contributed by atoms with Gasteiger partial charge >= 0.3 is 0 Å². The van der Waals surface area contributed by atoms with Gasteiger partial charge in [0.25, 0.3) is 0 Å². The monoisotopic (exact) mass is 327 g/mol. The van der Waals surface area contributed by atoms with Crippen LogP contribution < -0.4 is 11.5 Å². The number of primary amides is 1. The average Bonchev–Trinajstić information content (AvgIpc) is 2.48. The van der Waals surface area contributed by atoms with Crippen LogP contribution in [0, 0.1) is 5.92 Å². The lowest BCUT2D eigenvalue weighted by atomic mass is 9.97. The average molecular weight is 328 g/mol. The number of amides is 2. The summed E-state index contributed by atoms with van der Waals surface area (Å²) in [5.41, 5.74) is 11.5. The van der Waals surface area contributed by atoms with Crippen LogP contribution in [0.1, 0.15) is 12.8 Å². The number of nitrogens with two attached hydrogens (primary N) is 2. The van der Waals surface area contributed by atoms with E-state index < -0.39 is 0 Å². The Bertz CT molecular complexity index is 553. The number of benzene rings is 1. The molecule has 114 valence electrons. The molecular formula is C14H18ClN3O2S. The van der Waals surface area contributed by atoms with E-state index in [0.717, 1.165) is 17.7 Å². The molecule has 1 aromatic carbocycles. The summed E-state index contributed by atoms with van der Waals surface area (Å²) in [6.07, 6.45) is 1.58. The SMILES string of the molecule is NC(=O)C1CCCN(C(=O)CSc2ccc(N)c(Cl)c2)C1. The predicted molar refractivity (Wildman–Crippen MR) is 85.1 cm³/mol. The van der Waals surface area contributed by atoms with Crippen molar-refractivity contribution >= 4 is 40.9 Å². The number of thioether (sulfide) groups is 1. The van der Waals surface area contributed by atoms with Crippen LogP contribution in [0.5, 0.6) is 0 Å². The van der Waals surface area contributed by atoms with E-state index in [1.807, 2.05) is 6.07 Å². The molecule has 4 N–H and O–H groups in total. The molecule has 0 aromatic heterocycles. The van der Waals surface area contributed by atoms with E-state index in [-0.39, 0.29) is 17.7 Å². The summed E-state index contributed by atoms with van der Waals surface area (Å²) in [7, 11) is 0. The Kier molecular flexibility index (Phi) is 5.36. The molecule has 1 aliphatic heterocycles. The van der Waals surface area contributed by atoms with Crippen LogP contribution >= 0.6 is 23.4 Å². The fraction of sp³-hybridized carbons (Fsp3) is 0.429. The lowest BCUT2D eigenvalue weighted by molar-refractivity contribution is -0.132. The number of hydrogen-bond donors (Lipinski definition) is 2. The van der Waals surface area contributed by atoms with Crippen molar-refractivity contribution < 1.29 is 9.59 Å². The van der Waals surface area contributed by atoms with Crippen molar-refractivity contribution in [2.45, 2.75) is 17.7 Å². The summed E-state index contributed by atoms with van der Waals surface area (Å²) in [5, 5.41) is 0.485. The van der Waals surface area contributed by atoms with Gasteiger partial charge in [-0.1, -0.05) is 11.6 Å². The molecular weight excluding hydrogens is 310 g/mol. The Morgan fingerprint density at radius 3 is 2.86 bits per heavy atom. The van der Waals surface area contributed by atoms with Gasteiger partial charge in [-0.05, 0) is 31.0 Å². The molecule has 2 amide bonds. The van der Waals surface area contributed by atoms with E-state index in [1.54, 1.807) is 17.0 Å². The Morgan fingerprint density at radius 2 is 2.19 bits per heavy atom. The van der Waals surface area contributed by atoms with E-state index in [2.05, 4.69) is 0 Å². The lowest BCUT2D eigenvalue weighted by Gasteiger charge is -2.31. The molecule has 2 rings (SSSR count). The molecule has 1 unspecified atom stereocenters. The normalized spacial score (nSPS) is 18.5. The van der Waals surface area contributed by atoms with E-state index in [1.165, 1.54) is 11.8 Å². The van der Waals surface area contributed by atoms with Crippen LogP contribution in [0.2, 0.25) is 5.02 Å². The Balaban J connectivity index is 1.89. The Hall–Kier alpha value is -1.40. The van der Waals surface area contributed by atoms with E-state index in [4.69, 9.17) is 23.1 Å². The highest BCUT2D eigenvalue weighted by atomic mass is 35.5. The van der Waals surface area contributed by atoms with Crippen molar-refractivity contribution in [2.75, 3.05) is 24.6 Å². The highest BCUT2D eigenvalue weighted by Gasteiger charge is 2.26. The molecule has 1 aromatic rings. The number of carbonyl (C=O) groups is 2. The summed E-state index contributed by atoms with van der Waals surface area (Å²) >= 11 is 7.35. The maximum absolute atomic E-state index is 12.2. The van der Waals surface area contributed by atoms with Gasteiger partial charge in [0.05, 0.1) is 22.4 Å². The van der Waals surface area contributed by atoms with Crippen LogP contribution in [-0.2, 0) is 9.59 Å². The number of likely N-dealkylation sites (tertiary alicyclic amines) is 1. The Morgan fingerprint density at radius 1 is 1.43 bits per heavy atom. The number of piperidine rings is 1. The van der Waals surface area contributed by atoms with Gasteiger partial charge in [-0.2, -0.15) is 0 Å². The minimum Gasteiger partial charge on any atom is -0.398 e. The topological polar surface area (TPSA) is 89.4 Å². The third-order valence-corrected chi connectivity index (χ3v) is 4.82. The van der Waals surface area contributed by atoms with E-state index in [9.17, 15) is 9.59 Å². The summed E-state index contributed by atoms with van der Waals surface area (Å²) in [6.45, 7) is 1.11. The van der Waals surface area contributed by atoms with Gasteiger partial charge in [-0.3, -0.25) is 9.59 Å². The smallest absolute Gasteiger partial charge is 0.232 e. The second-order valence-electron chi connectivity index (χ2n) is 5.05. The molecule has 0 spiro atoms. The first-order valence-electron chi connectivity index (χ1n) is 6.72. The molecule has 0 saturated carbocycles. The summed E-state index contributed by atoms with van der Waals surface area (Å²) in [5.74, 6) is -0.228. The number of carbonyl (C=O) groups excluding carboxylic acids is 2. The molecule has 1 atom stereocenters. The zero-order valence-electron chi connectivity index (χ0n) is 11.5. The number of hydrogen-bond acceptors (Lipinski definition) is 4. The number of nitrogen functional groups attached to an aromatic ring is 1. The maximum Gasteiger partial charge on any atom is 0.232 e. The van der Waals surface area contributed by atoms with Gasteiger partial charge in [0.15, 0.2) is 0 Å². The number of rotatable bonds is 4. The third kappa shape index (κ3) is 4.28. The van der Waals surface area contributed by atoms with Gasteiger partial charge in [-0.15, -0.1) is 11.8 Å². The Labute approximate surface area is 133 Å². The first-order chi connectivity index (χ1) is 9.97. The van der Waals surface area contributed by atoms with Gasteiger partial charge in [0.2, 0.25) is 11.8 Å². The molecule has 1 aliphatic rings. The zero-order chi connectivity index (χ0) is 15.4. The molecule has 1 fully saturated rings. The van der Waals surface area contributed by atoms with Crippen LogP contribution in [0.25, 0.3) is 0 Å². The fourth-order valence-corrected chi connectivity index (χ4v) is 3.35. The minimum absolute atomic E-state index is 0.0129. The quantitative estimate of drug-likeness (QED) is 0.651. The number of anilines is 1. The van der Waals surface area contributed by atoms with E-state index >= 15 is 0 Å². The summed E-state index contributed by atoms with van der Waals surface area (Å²) in [4.78, 5) is 26.0. The first kappa shape index (κ1) is 16.0. The molecule has 7 heteroatoms. The molecule has 21 heavy (non-hydrogen) atoms. The van der Waals surface area contributed by atoms with Gasteiger partial charge in [0.1, 0.15) is 0 Å². The molecule has 1 heterocycles. The van der Waals surface area contributed by atoms with Crippen molar-refractivity contribution in [3.63, 3.8) is 0 Å². The van der Waals surface area contributed by atoms with Crippen LogP contribution in [0.15, 0.2) is 23.1 Å². The maximum atomic E-state index is 12.2. The van der Waals surface area contributed by atoms with E-state index in [0.29, 0.717) is 29.6 Å². The second kappa shape index (κ2) is 7.04. The minimum atomic E-state index is -0.328. The second-order valence-corrected chi connectivity index (χ2v) is 6.51. The van der Waals surface area contributed by atoms with Crippen LogP contribution in [-0.4, -0.2) is 35.6 Å². The lowest BCUT2D eigenvalue weighted by Crippen LogP contribution is -2.44. The number of nitrogens with zero attached hydrogens (tertiary/aromatic N) is 1. The van der Waals surface area contributed by atoms with Crippen molar-refractivity contribution in [3.05, 3.63) is 23.2 Å². The van der Waals surface area contributed by atoms with Crippen molar-refractivity contribution in [3.8, 4) is 0 Å². The third-order valence-electron chi connectivity index (χ3n) is 3.51. The van der Waals surface area contributed by atoms with Gasteiger partial charge in [-0.25, -0.2) is 0 Å².